The third-order valence-electron chi connectivity index (χ3n) is 1.79. The van der Waals surface area contributed by atoms with Crippen LogP contribution >= 0.6 is 0 Å². The quantitative estimate of drug-likeness (QED) is 0.329. The van der Waals surface area contributed by atoms with Crippen LogP contribution in [0.1, 0.15) is 19.8 Å². The molecule has 0 aromatic rings. The summed E-state index contributed by atoms with van der Waals surface area (Å²) in [6.45, 7) is 2.82. The van der Waals surface area contributed by atoms with Crippen LogP contribution in [0.25, 0.3) is 0 Å². The van der Waals surface area contributed by atoms with Crippen molar-refractivity contribution in [3.8, 4) is 0 Å². The Morgan fingerprint density at radius 2 is 2.20 bits per heavy atom. The Morgan fingerprint density at radius 1 is 1.53 bits per heavy atom. The summed E-state index contributed by atoms with van der Waals surface area (Å²) in [7, 11) is 2.98. The molecule has 15 heavy (non-hydrogen) atoms. The number of nitrogens with one attached hydrogen (secondary N) is 3. The first kappa shape index (κ1) is 13.5. The summed E-state index contributed by atoms with van der Waals surface area (Å²) in [4.78, 5) is 11.1. The molecule has 0 spiro atoms. The minimum absolute atomic E-state index is 0.164. The predicted molar refractivity (Wildman–Crippen MR) is 59.8 cm³/mol. The highest BCUT2D eigenvalue weighted by Crippen LogP contribution is 1.95. The zero-order chi connectivity index (χ0) is 11.7. The molecule has 0 amide bonds. The standard InChI is InChI=1S/C10H19N3O2/c1-4-5-6-13-8(7-12-2)9(11)10(14)15-3/h7,11-13H,4-6H2,1-3H3/b8-7+,11-9?. The van der Waals surface area contributed by atoms with Gasteiger partial charge in [-0.1, -0.05) is 13.3 Å². The molecule has 0 heterocycles. The lowest BCUT2D eigenvalue weighted by atomic mass is 10.2. The maximum atomic E-state index is 11.1. The number of carbonyl (C=O) groups is 1. The van der Waals surface area contributed by atoms with Crippen LogP contribution in [0.3, 0.4) is 0 Å². The number of ether oxygens (including phenoxy) is 1. The van der Waals surface area contributed by atoms with Crippen LogP contribution in [-0.2, 0) is 9.53 Å². The fraction of sp³-hybridized carbons (Fsp3) is 0.600. The van der Waals surface area contributed by atoms with E-state index >= 15 is 0 Å². The minimum atomic E-state index is -0.638. The summed E-state index contributed by atoms with van der Waals surface area (Å²) in [5.41, 5.74) is 0.292. The van der Waals surface area contributed by atoms with E-state index in [1.54, 1.807) is 13.2 Å². The van der Waals surface area contributed by atoms with Gasteiger partial charge in [-0.25, -0.2) is 4.79 Å². The second-order valence-electron chi connectivity index (χ2n) is 2.99. The van der Waals surface area contributed by atoms with Gasteiger partial charge in [0.1, 0.15) is 0 Å². The molecule has 3 N–H and O–H groups in total. The lowest BCUT2D eigenvalue weighted by Crippen LogP contribution is -2.28. The molecule has 0 saturated carbocycles. The Labute approximate surface area is 90.4 Å². The predicted octanol–water partition coefficient (Wildman–Crippen LogP) is 0.630. The Balaban J connectivity index is 4.33. The van der Waals surface area contributed by atoms with E-state index in [0.717, 1.165) is 19.4 Å². The van der Waals surface area contributed by atoms with E-state index in [1.807, 2.05) is 0 Å². The first-order valence-corrected chi connectivity index (χ1v) is 4.95. The Kier molecular flexibility index (Phi) is 7.05. The van der Waals surface area contributed by atoms with E-state index in [9.17, 15) is 4.79 Å². The summed E-state index contributed by atoms with van der Waals surface area (Å²) in [5.74, 6) is -0.638. The van der Waals surface area contributed by atoms with Gasteiger partial charge in [0, 0.05) is 19.8 Å². The van der Waals surface area contributed by atoms with Crippen molar-refractivity contribution in [1.82, 2.24) is 10.6 Å². The maximum absolute atomic E-state index is 11.1. The van der Waals surface area contributed by atoms with Gasteiger partial charge in [-0.05, 0) is 6.42 Å². The number of hydrogen-bond acceptors (Lipinski definition) is 5. The van der Waals surface area contributed by atoms with Crippen molar-refractivity contribution < 1.29 is 9.53 Å². The summed E-state index contributed by atoms with van der Waals surface area (Å²) < 4.78 is 4.47. The average Bonchev–Trinajstić information content (AvgIpc) is 2.26. The van der Waals surface area contributed by atoms with E-state index in [0.29, 0.717) is 5.70 Å². The Bertz CT molecular complexity index is 249. The maximum Gasteiger partial charge on any atom is 0.358 e. The summed E-state index contributed by atoms with van der Waals surface area (Å²) in [5, 5.41) is 13.3. The third-order valence-corrected chi connectivity index (χ3v) is 1.79. The molecule has 0 aromatic heterocycles. The number of hydrogen-bond donors (Lipinski definition) is 3. The van der Waals surface area contributed by atoms with Crippen LogP contribution in [-0.4, -0.2) is 32.4 Å². The largest absolute Gasteiger partial charge is 0.464 e. The topological polar surface area (TPSA) is 74.2 Å². The molecule has 0 rings (SSSR count). The SMILES string of the molecule is CCCCN/C(=C/NC)C(=N)C(=O)OC. The highest BCUT2D eigenvalue weighted by molar-refractivity contribution is 6.41. The average molecular weight is 213 g/mol. The van der Waals surface area contributed by atoms with Gasteiger partial charge in [-0.15, -0.1) is 0 Å². The van der Waals surface area contributed by atoms with Crippen molar-refractivity contribution in [3.63, 3.8) is 0 Å². The van der Waals surface area contributed by atoms with Gasteiger partial charge >= 0.3 is 5.97 Å². The summed E-state index contributed by atoms with van der Waals surface area (Å²) in [6.07, 6.45) is 3.63. The van der Waals surface area contributed by atoms with Gasteiger partial charge in [-0.3, -0.25) is 5.41 Å². The molecular formula is C10H19N3O2. The van der Waals surface area contributed by atoms with Crippen molar-refractivity contribution in [2.45, 2.75) is 19.8 Å². The fourth-order valence-electron chi connectivity index (χ4n) is 0.968. The highest BCUT2D eigenvalue weighted by Gasteiger charge is 2.14. The zero-order valence-electron chi connectivity index (χ0n) is 9.52. The molecular weight excluding hydrogens is 194 g/mol. The molecule has 0 fully saturated rings. The van der Waals surface area contributed by atoms with Crippen molar-refractivity contribution in [3.05, 3.63) is 11.9 Å². The van der Waals surface area contributed by atoms with Gasteiger partial charge in [-0.2, -0.15) is 0 Å². The molecule has 5 nitrogen and oxygen atoms in total. The number of unbranched alkanes of at least 4 members (excludes halogenated alkanes) is 1. The van der Waals surface area contributed by atoms with E-state index in [4.69, 9.17) is 5.41 Å². The van der Waals surface area contributed by atoms with Gasteiger partial charge < -0.3 is 15.4 Å². The zero-order valence-corrected chi connectivity index (χ0v) is 9.52. The second kappa shape index (κ2) is 7.84. The Morgan fingerprint density at radius 3 is 2.67 bits per heavy atom. The molecule has 0 aliphatic carbocycles. The molecule has 86 valence electrons. The highest BCUT2D eigenvalue weighted by atomic mass is 16.5. The van der Waals surface area contributed by atoms with Crippen LogP contribution in [0, 0.1) is 5.41 Å². The number of esters is 1. The lowest BCUT2D eigenvalue weighted by molar-refractivity contribution is -0.132. The molecule has 0 unspecified atom stereocenters. The van der Waals surface area contributed by atoms with E-state index in [1.165, 1.54) is 7.11 Å². The molecule has 0 atom stereocenters. The molecule has 0 aliphatic heterocycles. The van der Waals surface area contributed by atoms with Crippen LogP contribution in [0.2, 0.25) is 0 Å². The number of carbonyl (C=O) groups excluding carboxylic acids is 1. The van der Waals surface area contributed by atoms with E-state index in [-0.39, 0.29) is 5.71 Å². The molecule has 0 aromatic carbocycles. The van der Waals surface area contributed by atoms with Crippen molar-refractivity contribution in [1.29, 1.82) is 5.41 Å². The minimum Gasteiger partial charge on any atom is -0.464 e. The first-order valence-electron chi connectivity index (χ1n) is 4.95. The normalized spacial score (nSPS) is 10.7. The molecule has 0 bridgehead atoms. The molecule has 0 aliphatic rings. The van der Waals surface area contributed by atoms with Crippen molar-refractivity contribution in [2.24, 2.45) is 0 Å². The van der Waals surface area contributed by atoms with Gasteiger partial charge in [0.2, 0.25) is 0 Å². The van der Waals surface area contributed by atoms with Crippen LogP contribution in [0.5, 0.6) is 0 Å². The molecule has 0 saturated heterocycles. The van der Waals surface area contributed by atoms with Gasteiger partial charge in [0.05, 0.1) is 12.8 Å². The van der Waals surface area contributed by atoms with Crippen LogP contribution < -0.4 is 10.6 Å². The van der Waals surface area contributed by atoms with E-state index in [2.05, 4.69) is 22.3 Å². The van der Waals surface area contributed by atoms with Crippen LogP contribution in [0.15, 0.2) is 11.9 Å². The van der Waals surface area contributed by atoms with E-state index < -0.39 is 5.97 Å². The third kappa shape index (κ3) is 5.05. The lowest BCUT2D eigenvalue weighted by Gasteiger charge is -2.10. The Hall–Kier alpha value is -1.52. The van der Waals surface area contributed by atoms with Crippen molar-refractivity contribution in [2.75, 3.05) is 20.7 Å². The van der Waals surface area contributed by atoms with Gasteiger partial charge in [0.15, 0.2) is 5.71 Å². The summed E-state index contributed by atoms with van der Waals surface area (Å²) >= 11 is 0. The van der Waals surface area contributed by atoms with Crippen LogP contribution in [0.4, 0.5) is 0 Å². The smallest absolute Gasteiger partial charge is 0.358 e. The van der Waals surface area contributed by atoms with Crippen molar-refractivity contribution >= 4 is 11.7 Å². The molecule has 5 heteroatoms. The first-order chi connectivity index (χ1) is 7.17. The molecule has 0 radical (unpaired) electrons. The second-order valence-corrected chi connectivity index (χ2v) is 2.99. The number of rotatable bonds is 7. The summed E-state index contributed by atoms with van der Waals surface area (Å²) in [6, 6.07) is 0. The monoisotopic (exact) mass is 213 g/mol. The fourth-order valence-corrected chi connectivity index (χ4v) is 0.968. The number of methoxy groups -OCH3 is 1. The van der Waals surface area contributed by atoms with Gasteiger partial charge in [0.25, 0.3) is 0 Å².